The van der Waals surface area contributed by atoms with Gasteiger partial charge >= 0.3 is 5.69 Å². The van der Waals surface area contributed by atoms with E-state index in [9.17, 15) is 19.3 Å². The molecule has 0 spiro atoms. The summed E-state index contributed by atoms with van der Waals surface area (Å²) in [5.74, 6) is -1.26. The first-order valence-corrected chi connectivity index (χ1v) is 5.66. The van der Waals surface area contributed by atoms with Gasteiger partial charge in [-0.2, -0.15) is 4.39 Å². The summed E-state index contributed by atoms with van der Waals surface area (Å²) in [7, 11) is 0. The lowest BCUT2D eigenvalue weighted by atomic mass is 10.2. The van der Waals surface area contributed by atoms with Crippen LogP contribution in [0.3, 0.4) is 0 Å². The molecule has 0 fully saturated rings. The third-order valence-electron chi connectivity index (χ3n) is 2.53. The standard InChI is InChI=1S/C13H10FN3O3/c1-8-3-2-4-12(15-8)16-13(18)9-5-6-10(14)11(7-9)17(19)20/h2-7H,1H3,(H,15,16,18). The Morgan fingerprint density at radius 1 is 1.35 bits per heavy atom. The van der Waals surface area contributed by atoms with Crippen molar-refractivity contribution in [3.8, 4) is 0 Å². The van der Waals surface area contributed by atoms with Crippen LogP contribution in [0, 0.1) is 22.9 Å². The fourth-order valence-corrected chi connectivity index (χ4v) is 1.59. The van der Waals surface area contributed by atoms with Crippen molar-refractivity contribution in [2.45, 2.75) is 6.92 Å². The second kappa shape index (κ2) is 5.43. The number of hydrogen-bond donors (Lipinski definition) is 1. The molecule has 0 saturated carbocycles. The predicted octanol–water partition coefficient (Wildman–Crippen LogP) is 2.69. The van der Waals surface area contributed by atoms with E-state index in [2.05, 4.69) is 10.3 Å². The maximum atomic E-state index is 13.2. The Morgan fingerprint density at radius 3 is 2.75 bits per heavy atom. The highest BCUT2D eigenvalue weighted by Gasteiger charge is 2.17. The first-order valence-electron chi connectivity index (χ1n) is 5.66. The maximum Gasteiger partial charge on any atom is 0.305 e. The molecule has 102 valence electrons. The molecule has 20 heavy (non-hydrogen) atoms. The van der Waals surface area contributed by atoms with Crippen LogP contribution in [0.5, 0.6) is 0 Å². The lowest BCUT2D eigenvalue weighted by Crippen LogP contribution is -2.13. The molecule has 0 saturated heterocycles. The molecule has 0 radical (unpaired) electrons. The van der Waals surface area contributed by atoms with E-state index in [-0.39, 0.29) is 5.56 Å². The van der Waals surface area contributed by atoms with Gasteiger partial charge in [0.2, 0.25) is 5.82 Å². The minimum Gasteiger partial charge on any atom is -0.307 e. The van der Waals surface area contributed by atoms with Crippen LogP contribution in [-0.2, 0) is 0 Å². The SMILES string of the molecule is Cc1cccc(NC(=O)c2ccc(F)c([N+](=O)[O-])c2)n1. The van der Waals surface area contributed by atoms with Gasteiger partial charge in [-0.15, -0.1) is 0 Å². The van der Waals surface area contributed by atoms with E-state index in [0.717, 1.165) is 12.1 Å². The lowest BCUT2D eigenvalue weighted by molar-refractivity contribution is -0.387. The van der Waals surface area contributed by atoms with Crippen molar-refractivity contribution >= 4 is 17.4 Å². The molecule has 0 aliphatic carbocycles. The van der Waals surface area contributed by atoms with Gasteiger partial charge in [0.25, 0.3) is 5.91 Å². The molecular formula is C13H10FN3O3. The fraction of sp³-hybridized carbons (Fsp3) is 0.0769. The van der Waals surface area contributed by atoms with E-state index in [1.165, 1.54) is 6.07 Å². The Morgan fingerprint density at radius 2 is 2.10 bits per heavy atom. The molecule has 6 nitrogen and oxygen atoms in total. The van der Waals surface area contributed by atoms with Gasteiger partial charge in [0.05, 0.1) is 4.92 Å². The first-order chi connectivity index (χ1) is 9.47. The van der Waals surface area contributed by atoms with Crippen LogP contribution >= 0.6 is 0 Å². The molecule has 1 aromatic heterocycles. The van der Waals surface area contributed by atoms with E-state index >= 15 is 0 Å². The second-order valence-electron chi connectivity index (χ2n) is 4.04. The Balaban J connectivity index is 2.26. The number of carbonyl (C=O) groups is 1. The van der Waals surface area contributed by atoms with Crippen LogP contribution in [0.15, 0.2) is 36.4 Å². The van der Waals surface area contributed by atoms with Crippen LogP contribution < -0.4 is 5.32 Å². The molecule has 0 aliphatic rings. The Labute approximate surface area is 113 Å². The number of carbonyl (C=O) groups excluding carboxylic acids is 1. The maximum absolute atomic E-state index is 13.2. The number of nitro benzene ring substituents is 1. The van der Waals surface area contributed by atoms with Crippen LogP contribution in [0.1, 0.15) is 16.1 Å². The van der Waals surface area contributed by atoms with E-state index in [1.807, 2.05) is 0 Å². The van der Waals surface area contributed by atoms with Crippen molar-refractivity contribution in [2.75, 3.05) is 5.32 Å². The summed E-state index contributed by atoms with van der Waals surface area (Å²) in [6, 6.07) is 8.01. The molecule has 2 aromatic rings. The average Bonchev–Trinajstić information content (AvgIpc) is 2.38. The number of halogens is 1. The van der Waals surface area contributed by atoms with Gasteiger partial charge in [-0.05, 0) is 31.2 Å². The summed E-state index contributed by atoms with van der Waals surface area (Å²) in [4.78, 5) is 25.7. The molecule has 0 bridgehead atoms. The zero-order chi connectivity index (χ0) is 14.7. The highest BCUT2D eigenvalue weighted by atomic mass is 19.1. The number of anilines is 1. The smallest absolute Gasteiger partial charge is 0.305 e. The number of aryl methyl sites for hydroxylation is 1. The molecule has 2 rings (SSSR count). The molecule has 1 heterocycles. The normalized spacial score (nSPS) is 10.1. The molecule has 7 heteroatoms. The fourth-order valence-electron chi connectivity index (χ4n) is 1.59. The van der Waals surface area contributed by atoms with Crippen molar-refractivity contribution in [1.29, 1.82) is 0 Å². The van der Waals surface area contributed by atoms with Crippen molar-refractivity contribution in [2.24, 2.45) is 0 Å². The molecule has 0 atom stereocenters. The first kappa shape index (κ1) is 13.6. The monoisotopic (exact) mass is 275 g/mol. The van der Waals surface area contributed by atoms with E-state index in [1.54, 1.807) is 25.1 Å². The summed E-state index contributed by atoms with van der Waals surface area (Å²) in [5, 5.41) is 13.1. The van der Waals surface area contributed by atoms with Gasteiger partial charge in [0.1, 0.15) is 5.82 Å². The number of amides is 1. The van der Waals surface area contributed by atoms with Crippen LogP contribution in [0.25, 0.3) is 0 Å². The van der Waals surface area contributed by atoms with Gasteiger partial charge < -0.3 is 5.32 Å². The van der Waals surface area contributed by atoms with Gasteiger partial charge in [-0.1, -0.05) is 6.07 Å². The Hall–Kier alpha value is -2.83. The van der Waals surface area contributed by atoms with E-state index in [0.29, 0.717) is 11.5 Å². The number of nitrogens with zero attached hydrogens (tertiary/aromatic N) is 2. The van der Waals surface area contributed by atoms with Crippen molar-refractivity contribution < 1.29 is 14.1 Å². The molecular weight excluding hydrogens is 265 g/mol. The molecule has 1 amide bonds. The Kier molecular flexibility index (Phi) is 3.69. The number of benzene rings is 1. The number of rotatable bonds is 3. The summed E-state index contributed by atoms with van der Waals surface area (Å²) in [6.45, 7) is 1.76. The van der Waals surface area contributed by atoms with Crippen molar-refractivity contribution in [3.05, 3.63) is 63.6 Å². The highest BCUT2D eigenvalue weighted by Crippen LogP contribution is 2.19. The summed E-state index contributed by atoms with van der Waals surface area (Å²) in [5.41, 5.74) is -0.0378. The molecule has 1 N–H and O–H groups in total. The van der Waals surface area contributed by atoms with Crippen molar-refractivity contribution in [3.63, 3.8) is 0 Å². The van der Waals surface area contributed by atoms with Crippen LogP contribution in [0.2, 0.25) is 0 Å². The number of pyridine rings is 1. The average molecular weight is 275 g/mol. The third kappa shape index (κ3) is 2.94. The zero-order valence-electron chi connectivity index (χ0n) is 10.5. The molecule has 1 aromatic carbocycles. The van der Waals surface area contributed by atoms with Gasteiger partial charge in [0.15, 0.2) is 0 Å². The summed E-state index contributed by atoms with van der Waals surface area (Å²) >= 11 is 0. The summed E-state index contributed by atoms with van der Waals surface area (Å²) in [6.07, 6.45) is 0. The van der Waals surface area contributed by atoms with E-state index in [4.69, 9.17) is 0 Å². The second-order valence-corrected chi connectivity index (χ2v) is 4.04. The number of nitro groups is 1. The number of aromatic nitrogens is 1. The minimum absolute atomic E-state index is 0.0126. The topological polar surface area (TPSA) is 85.1 Å². The van der Waals surface area contributed by atoms with Crippen LogP contribution in [0.4, 0.5) is 15.9 Å². The van der Waals surface area contributed by atoms with Gasteiger partial charge in [-0.3, -0.25) is 14.9 Å². The highest BCUT2D eigenvalue weighted by molar-refractivity contribution is 6.04. The largest absolute Gasteiger partial charge is 0.307 e. The third-order valence-corrected chi connectivity index (χ3v) is 2.53. The number of nitrogens with one attached hydrogen (secondary N) is 1. The molecule has 0 unspecified atom stereocenters. The molecule has 0 aliphatic heterocycles. The minimum atomic E-state index is -0.986. The van der Waals surface area contributed by atoms with E-state index < -0.39 is 22.3 Å². The predicted molar refractivity (Wildman–Crippen MR) is 70.0 cm³/mol. The van der Waals surface area contributed by atoms with Crippen molar-refractivity contribution in [1.82, 2.24) is 4.98 Å². The van der Waals surface area contributed by atoms with Gasteiger partial charge in [0, 0.05) is 17.3 Å². The van der Waals surface area contributed by atoms with Crippen LogP contribution in [-0.4, -0.2) is 15.8 Å². The zero-order valence-corrected chi connectivity index (χ0v) is 10.5. The number of hydrogen-bond acceptors (Lipinski definition) is 4. The Bertz CT molecular complexity index is 688. The quantitative estimate of drug-likeness (QED) is 0.689. The summed E-state index contributed by atoms with van der Waals surface area (Å²) < 4.78 is 13.2. The van der Waals surface area contributed by atoms with Gasteiger partial charge in [-0.25, -0.2) is 4.98 Å². The lowest BCUT2D eigenvalue weighted by Gasteiger charge is -2.05.